The van der Waals surface area contributed by atoms with Gasteiger partial charge >= 0.3 is 5.97 Å². The highest BCUT2D eigenvalue weighted by Crippen LogP contribution is 2.32. The van der Waals surface area contributed by atoms with Crippen molar-refractivity contribution in [3.05, 3.63) is 58.4 Å². The molecule has 0 aliphatic heterocycles. The summed E-state index contributed by atoms with van der Waals surface area (Å²) in [7, 11) is 0. The van der Waals surface area contributed by atoms with Gasteiger partial charge in [-0.15, -0.1) is 0 Å². The van der Waals surface area contributed by atoms with E-state index < -0.39 is 10.9 Å². The molecule has 1 heterocycles. The van der Waals surface area contributed by atoms with Crippen molar-refractivity contribution < 1.29 is 14.8 Å². The maximum Gasteiger partial charge on any atom is 0.336 e. The second-order valence-corrected chi connectivity index (χ2v) is 4.64. The van der Waals surface area contributed by atoms with Crippen molar-refractivity contribution in [2.45, 2.75) is 9.79 Å². The molecule has 0 bridgehead atoms. The first-order valence-electron chi connectivity index (χ1n) is 5.17. The van der Waals surface area contributed by atoms with E-state index in [4.69, 9.17) is 5.11 Å². The Balaban J connectivity index is 2.43. The summed E-state index contributed by atoms with van der Waals surface area (Å²) >= 11 is 1.15. The van der Waals surface area contributed by atoms with Crippen LogP contribution in [-0.2, 0) is 0 Å². The van der Waals surface area contributed by atoms with E-state index >= 15 is 0 Å². The molecule has 1 N–H and O–H groups in total. The van der Waals surface area contributed by atoms with Gasteiger partial charge in [0.05, 0.1) is 10.5 Å². The zero-order chi connectivity index (χ0) is 13.8. The van der Waals surface area contributed by atoms with E-state index in [0.717, 1.165) is 16.7 Å². The summed E-state index contributed by atoms with van der Waals surface area (Å²) in [5.74, 6) is -1.12. The molecule has 0 aliphatic rings. The summed E-state index contributed by atoms with van der Waals surface area (Å²) in [5.41, 5.74) is -0.103. The number of non-ortho nitro benzene ring substituents is 1. The molecule has 0 unspecified atom stereocenters. The minimum atomic E-state index is -1.12. The van der Waals surface area contributed by atoms with E-state index in [1.165, 1.54) is 18.2 Å². The number of hydrogen-bond donors (Lipinski definition) is 1. The summed E-state index contributed by atoms with van der Waals surface area (Å²) < 4.78 is 0. The van der Waals surface area contributed by atoms with E-state index in [0.29, 0.717) is 4.90 Å². The van der Waals surface area contributed by atoms with Crippen LogP contribution >= 0.6 is 11.8 Å². The minimum Gasteiger partial charge on any atom is -0.478 e. The first kappa shape index (κ1) is 13.0. The Morgan fingerprint density at radius 3 is 2.53 bits per heavy atom. The summed E-state index contributed by atoms with van der Waals surface area (Å²) in [6.07, 6.45) is 3.14. The Morgan fingerprint density at radius 2 is 1.95 bits per heavy atom. The Hall–Kier alpha value is -2.41. The first-order chi connectivity index (χ1) is 9.08. The molecule has 6 nitrogen and oxygen atoms in total. The van der Waals surface area contributed by atoms with Gasteiger partial charge in [-0.2, -0.15) is 0 Å². The van der Waals surface area contributed by atoms with Gasteiger partial charge in [0, 0.05) is 34.3 Å². The third-order valence-electron chi connectivity index (χ3n) is 2.28. The molecule has 0 saturated carbocycles. The van der Waals surface area contributed by atoms with Crippen molar-refractivity contribution in [2.24, 2.45) is 0 Å². The van der Waals surface area contributed by atoms with Gasteiger partial charge < -0.3 is 5.11 Å². The van der Waals surface area contributed by atoms with Gasteiger partial charge in [0.1, 0.15) is 0 Å². The fourth-order valence-electron chi connectivity index (χ4n) is 1.42. The van der Waals surface area contributed by atoms with E-state index in [1.54, 1.807) is 24.5 Å². The second-order valence-electron chi connectivity index (χ2n) is 3.53. The van der Waals surface area contributed by atoms with Gasteiger partial charge in [-0.1, -0.05) is 11.8 Å². The number of carboxylic acid groups (broad SMARTS) is 1. The molecule has 96 valence electrons. The quantitative estimate of drug-likeness (QED) is 0.681. The average Bonchev–Trinajstić information content (AvgIpc) is 2.39. The molecule has 1 aromatic heterocycles. The number of carboxylic acids is 1. The molecule has 0 saturated heterocycles. The second kappa shape index (κ2) is 5.49. The van der Waals surface area contributed by atoms with Gasteiger partial charge in [0.25, 0.3) is 5.69 Å². The summed E-state index contributed by atoms with van der Waals surface area (Å²) in [6, 6.07) is 7.09. The van der Waals surface area contributed by atoms with Crippen LogP contribution in [0.2, 0.25) is 0 Å². The number of aromatic carboxylic acids is 1. The molecule has 0 fully saturated rings. The number of nitro groups is 1. The van der Waals surface area contributed by atoms with E-state index in [2.05, 4.69) is 4.98 Å². The Morgan fingerprint density at radius 1 is 1.26 bits per heavy atom. The number of rotatable bonds is 4. The number of hydrogen-bond acceptors (Lipinski definition) is 5. The SMILES string of the molecule is O=C(O)c1ccc([N+](=O)[O-])cc1Sc1ccncc1. The van der Waals surface area contributed by atoms with Crippen molar-refractivity contribution in [3.8, 4) is 0 Å². The third-order valence-corrected chi connectivity index (χ3v) is 3.35. The summed E-state index contributed by atoms with van der Waals surface area (Å²) in [4.78, 5) is 26.2. The van der Waals surface area contributed by atoms with Crippen LogP contribution in [0.3, 0.4) is 0 Å². The van der Waals surface area contributed by atoms with Crippen molar-refractivity contribution in [1.29, 1.82) is 0 Å². The molecule has 2 aromatic rings. The summed E-state index contributed by atoms with van der Waals surface area (Å²) in [6.45, 7) is 0. The lowest BCUT2D eigenvalue weighted by Gasteiger charge is -2.05. The fraction of sp³-hybridized carbons (Fsp3) is 0. The van der Waals surface area contributed by atoms with Gasteiger partial charge in [-0.3, -0.25) is 15.1 Å². The lowest BCUT2D eigenvalue weighted by molar-refractivity contribution is -0.385. The predicted octanol–water partition coefficient (Wildman–Crippen LogP) is 2.84. The third kappa shape index (κ3) is 3.08. The smallest absolute Gasteiger partial charge is 0.336 e. The minimum absolute atomic E-state index is 0.0346. The number of pyridine rings is 1. The number of benzene rings is 1. The van der Waals surface area contributed by atoms with Crippen LogP contribution in [0.5, 0.6) is 0 Å². The Labute approximate surface area is 112 Å². The molecular weight excluding hydrogens is 268 g/mol. The largest absolute Gasteiger partial charge is 0.478 e. The van der Waals surface area contributed by atoms with Crippen molar-refractivity contribution >= 4 is 23.4 Å². The van der Waals surface area contributed by atoms with E-state index in [9.17, 15) is 14.9 Å². The average molecular weight is 276 g/mol. The molecule has 0 aliphatic carbocycles. The van der Waals surface area contributed by atoms with Crippen LogP contribution in [0.25, 0.3) is 0 Å². The van der Waals surface area contributed by atoms with Crippen LogP contribution in [0.4, 0.5) is 5.69 Å². The lowest BCUT2D eigenvalue weighted by atomic mass is 10.2. The number of nitro benzene ring substituents is 1. The highest BCUT2D eigenvalue weighted by Gasteiger charge is 2.16. The molecule has 2 rings (SSSR count). The molecule has 7 heteroatoms. The molecule has 0 amide bonds. The van der Waals surface area contributed by atoms with Crippen LogP contribution < -0.4 is 0 Å². The molecule has 0 atom stereocenters. The van der Waals surface area contributed by atoms with E-state index in [-0.39, 0.29) is 11.3 Å². The Bertz CT molecular complexity index is 631. The monoisotopic (exact) mass is 276 g/mol. The van der Waals surface area contributed by atoms with Gasteiger partial charge in [-0.05, 0) is 18.2 Å². The zero-order valence-electron chi connectivity index (χ0n) is 9.52. The molecule has 19 heavy (non-hydrogen) atoms. The van der Waals surface area contributed by atoms with E-state index in [1.807, 2.05) is 0 Å². The topological polar surface area (TPSA) is 93.3 Å². The molecule has 1 aromatic carbocycles. The fourth-order valence-corrected chi connectivity index (χ4v) is 2.38. The predicted molar refractivity (Wildman–Crippen MR) is 68.4 cm³/mol. The van der Waals surface area contributed by atoms with Gasteiger partial charge in [0.15, 0.2) is 0 Å². The first-order valence-corrected chi connectivity index (χ1v) is 5.99. The normalized spacial score (nSPS) is 10.1. The van der Waals surface area contributed by atoms with Crippen LogP contribution in [0.1, 0.15) is 10.4 Å². The highest BCUT2D eigenvalue weighted by molar-refractivity contribution is 7.99. The standard InChI is InChI=1S/C12H8N2O4S/c15-12(16)10-2-1-8(14(17)18)7-11(10)19-9-3-5-13-6-4-9/h1-7H,(H,15,16). The van der Waals surface area contributed by atoms with Crippen LogP contribution in [-0.4, -0.2) is 21.0 Å². The van der Waals surface area contributed by atoms with Crippen LogP contribution in [0, 0.1) is 10.1 Å². The lowest BCUT2D eigenvalue weighted by Crippen LogP contribution is -2.00. The highest BCUT2D eigenvalue weighted by atomic mass is 32.2. The van der Waals surface area contributed by atoms with Crippen molar-refractivity contribution in [3.63, 3.8) is 0 Å². The molecule has 0 radical (unpaired) electrons. The molecule has 0 spiro atoms. The number of carbonyl (C=O) groups is 1. The van der Waals surface area contributed by atoms with Crippen molar-refractivity contribution in [2.75, 3.05) is 0 Å². The number of aromatic nitrogens is 1. The zero-order valence-corrected chi connectivity index (χ0v) is 10.3. The van der Waals surface area contributed by atoms with Gasteiger partial charge in [0.2, 0.25) is 0 Å². The molecular formula is C12H8N2O4S. The van der Waals surface area contributed by atoms with Gasteiger partial charge in [-0.25, -0.2) is 4.79 Å². The maximum atomic E-state index is 11.1. The Kier molecular flexibility index (Phi) is 3.76. The maximum absolute atomic E-state index is 11.1. The van der Waals surface area contributed by atoms with Crippen LogP contribution in [0.15, 0.2) is 52.5 Å². The summed E-state index contributed by atoms with van der Waals surface area (Å²) in [5, 5.41) is 19.8. The van der Waals surface area contributed by atoms with Crippen molar-refractivity contribution in [1.82, 2.24) is 4.98 Å². The number of nitrogens with zero attached hydrogens (tertiary/aromatic N) is 2.